The van der Waals surface area contributed by atoms with Crippen molar-refractivity contribution in [3.05, 3.63) is 21.9 Å². The molecular formula is C13H14BrFO4. The van der Waals surface area contributed by atoms with Gasteiger partial charge in [-0.25, -0.2) is 4.39 Å². The van der Waals surface area contributed by atoms with Crippen molar-refractivity contribution in [2.24, 2.45) is 0 Å². The van der Waals surface area contributed by atoms with E-state index in [0.29, 0.717) is 22.9 Å². The molecule has 0 aromatic heterocycles. The van der Waals surface area contributed by atoms with Crippen molar-refractivity contribution in [3.8, 4) is 11.5 Å². The van der Waals surface area contributed by atoms with Crippen LogP contribution >= 0.6 is 15.9 Å². The Morgan fingerprint density at radius 2 is 2.11 bits per heavy atom. The van der Waals surface area contributed by atoms with E-state index >= 15 is 0 Å². The topological polar surface area (TPSA) is 55.8 Å². The molecule has 1 aromatic carbocycles. The highest BCUT2D eigenvalue weighted by Gasteiger charge is 2.49. The van der Waals surface area contributed by atoms with Gasteiger partial charge >= 0.3 is 5.97 Å². The van der Waals surface area contributed by atoms with Crippen LogP contribution in [0.15, 0.2) is 10.5 Å². The molecule has 0 saturated heterocycles. The highest BCUT2D eigenvalue weighted by atomic mass is 79.9. The lowest BCUT2D eigenvalue weighted by molar-refractivity contribution is -0.137. The van der Waals surface area contributed by atoms with Crippen LogP contribution in [0, 0.1) is 5.82 Å². The number of rotatable bonds is 5. The van der Waals surface area contributed by atoms with Gasteiger partial charge in [0.15, 0.2) is 17.3 Å². The smallest absolute Gasteiger partial charge is 0.304 e. The molecule has 0 spiro atoms. The van der Waals surface area contributed by atoms with E-state index in [1.807, 2.05) is 0 Å². The van der Waals surface area contributed by atoms with Gasteiger partial charge in [-0.1, -0.05) is 15.9 Å². The number of aliphatic carboxylic acids is 1. The van der Waals surface area contributed by atoms with Gasteiger partial charge in [-0.15, -0.1) is 0 Å². The normalized spacial score (nSPS) is 16.0. The lowest BCUT2D eigenvalue weighted by atomic mass is 9.91. The summed E-state index contributed by atoms with van der Waals surface area (Å²) in [5.41, 5.74) is -0.263. The minimum Gasteiger partial charge on any atom is -0.493 e. The molecule has 1 aliphatic carbocycles. The lowest BCUT2D eigenvalue weighted by Gasteiger charge is -2.19. The van der Waals surface area contributed by atoms with Gasteiger partial charge in [0, 0.05) is 15.5 Å². The number of methoxy groups -OCH3 is 2. The molecule has 19 heavy (non-hydrogen) atoms. The predicted octanol–water partition coefficient (Wildman–Crippen LogP) is 3.11. The van der Waals surface area contributed by atoms with Gasteiger partial charge in [-0.3, -0.25) is 4.79 Å². The zero-order valence-corrected chi connectivity index (χ0v) is 12.2. The summed E-state index contributed by atoms with van der Waals surface area (Å²) in [6.45, 7) is 0. The fourth-order valence-corrected chi connectivity index (χ4v) is 3.17. The van der Waals surface area contributed by atoms with E-state index in [2.05, 4.69) is 15.9 Å². The van der Waals surface area contributed by atoms with E-state index in [9.17, 15) is 9.18 Å². The summed E-state index contributed by atoms with van der Waals surface area (Å²) in [6, 6.07) is 1.61. The van der Waals surface area contributed by atoms with Gasteiger partial charge in [-0.2, -0.15) is 0 Å². The van der Waals surface area contributed by atoms with Crippen LogP contribution in [-0.4, -0.2) is 25.3 Å². The molecule has 1 aromatic rings. The van der Waals surface area contributed by atoms with Gasteiger partial charge in [0.2, 0.25) is 0 Å². The summed E-state index contributed by atoms with van der Waals surface area (Å²) < 4.78 is 25.1. The minimum atomic E-state index is -0.932. The Bertz CT molecular complexity index is 526. The Morgan fingerprint density at radius 1 is 1.47 bits per heavy atom. The molecule has 0 aliphatic heterocycles. The molecule has 6 heteroatoms. The molecule has 104 valence electrons. The molecule has 1 aliphatic rings. The summed E-state index contributed by atoms with van der Waals surface area (Å²) >= 11 is 3.30. The number of hydrogen-bond acceptors (Lipinski definition) is 3. The minimum absolute atomic E-state index is 0.0114. The maximum atomic E-state index is 14.5. The van der Waals surface area contributed by atoms with Crippen molar-refractivity contribution < 1.29 is 23.8 Å². The first kappa shape index (κ1) is 14.1. The Morgan fingerprint density at radius 3 is 2.53 bits per heavy atom. The average Bonchev–Trinajstić information content (AvgIpc) is 3.07. The Hall–Kier alpha value is -1.30. The first-order chi connectivity index (χ1) is 8.95. The number of carbonyl (C=O) groups is 1. The molecule has 0 radical (unpaired) electrons. The molecule has 0 amide bonds. The maximum Gasteiger partial charge on any atom is 0.304 e. The van der Waals surface area contributed by atoms with Crippen LogP contribution in [0.4, 0.5) is 4.39 Å². The fourth-order valence-electron chi connectivity index (χ4n) is 2.36. The van der Waals surface area contributed by atoms with Crippen LogP contribution in [0.2, 0.25) is 0 Å². The van der Waals surface area contributed by atoms with Crippen LogP contribution in [0.3, 0.4) is 0 Å². The number of ether oxygens (including phenoxy) is 2. The van der Waals surface area contributed by atoms with Crippen LogP contribution in [0.25, 0.3) is 0 Å². The molecule has 2 rings (SSSR count). The van der Waals surface area contributed by atoms with Crippen molar-refractivity contribution in [1.29, 1.82) is 0 Å². The zero-order chi connectivity index (χ0) is 14.2. The zero-order valence-electron chi connectivity index (χ0n) is 10.6. The van der Waals surface area contributed by atoms with Crippen LogP contribution < -0.4 is 9.47 Å². The molecule has 1 saturated carbocycles. The highest BCUT2D eigenvalue weighted by molar-refractivity contribution is 9.10. The number of carboxylic acid groups (broad SMARTS) is 1. The van der Waals surface area contributed by atoms with E-state index in [-0.39, 0.29) is 17.9 Å². The molecule has 1 fully saturated rings. The highest BCUT2D eigenvalue weighted by Crippen LogP contribution is 2.56. The van der Waals surface area contributed by atoms with E-state index in [1.165, 1.54) is 14.2 Å². The number of halogens is 2. The second kappa shape index (κ2) is 5.00. The fraction of sp³-hybridized carbons (Fsp3) is 0.462. The molecule has 0 bridgehead atoms. The maximum absolute atomic E-state index is 14.5. The molecule has 4 nitrogen and oxygen atoms in total. The van der Waals surface area contributed by atoms with E-state index in [4.69, 9.17) is 14.6 Å². The monoisotopic (exact) mass is 332 g/mol. The summed E-state index contributed by atoms with van der Waals surface area (Å²) in [4.78, 5) is 10.9. The van der Waals surface area contributed by atoms with Crippen molar-refractivity contribution in [2.75, 3.05) is 14.2 Å². The molecule has 1 N–H and O–H groups in total. The predicted molar refractivity (Wildman–Crippen MR) is 70.4 cm³/mol. The van der Waals surface area contributed by atoms with E-state index < -0.39 is 17.2 Å². The second-order valence-corrected chi connectivity index (χ2v) is 5.49. The summed E-state index contributed by atoms with van der Waals surface area (Å²) in [5.74, 6) is -1.19. The van der Waals surface area contributed by atoms with Crippen LogP contribution in [0.5, 0.6) is 11.5 Å². The Kier molecular flexibility index (Phi) is 3.71. The van der Waals surface area contributed by atoms with Crippen LogP contribution in [-0.2, 0) is 10.2 Å². The van der Waals surface area contributed by atoms with E-state index in [1.54, 1.807) is 6.07 Å². The van der Waals surface area contributed by atoms with Crippen molar-refractivity contribution in [2.45, 2.75) is 24.7 Å². The number of carboxylic acids is 1. The van der Waals surface area contributed by atoms with Gasteiger partial charge in [0.1, 0.15) is 0 Å². The van der Waals surface area contributed by atoms with Crippen molar-refractivity contribution in [3.63, 3.8) is 0 Å². The lowest BCUT2D eigenvalue weighted by Crippen LogP contribution is -2.16. The second-order valence-electron chi connectivity index (χ2n) is 4.63. The quantitative estimate of drug-likeness (QED) is 0.900. The molecule has 0 unspecified atom stereocenters. The number of hydrogen-bond donors (Lipinski definition) is 1. The van der Waals surface area contributed by atoms with Crippen molar-refractivity contribution in [1.82, 2.24) is 0 Å². The summed E-state index contributed by atoms with van der Waals surface area (Å²) in [6.07, 6.45) is 1.23. The molecule has 0 atom stereocenters. The van der Waals surface area contributed by atoms with Crippen LogP contribution in [0.1, 0.15) is 24.8 Å². The third kappa shape index (κ3) is 2.41. The summed E-state index contributed by atoms with van der Waals surface area (Å²) in [7, 11) is 2.78. The summed E-state index contributed by atoms with van der Waals surface area (Å²) in [5, 5.41) is 8.97. The van der Waals surface area contributed by atoms with Gasteiger partial charge in [-0.05, 0) is 18.9 Å². The van der Waals surface area contributed by atoms with Crippen molar-refractivity contribution >= 4 is 21.9 Å². The third-order valence-electron chi connectivity index (χ3n) is 3.44. The standard InChI is InChI=1S/C13H14BrFO4/c1-18-8-5-7(14)10(11(15)12(8)19-2)13(3-4-13)6-9(16)17/h5H,3-4,6H2,1-2H3,(H,16,17). The Labute approximate surface area is 118 Å². The molecule has 0 heterocycles. The largest absolute Gasteiger partial charge is 0.493 e. The first-order valence-electron chi connectivity index (χ1n) is 5.77. The Balaban J connectivity index is 2.55. The van der Waals surface area contributed by atoms with Gasteiger partial charge < -0.3 is 14.6 Å². The number of benzene rings is 1. The van der Waals surface area contributed by atoms with Gasteiger partial charge in [0.05, 0.1) is 20.6 Å². The molecular weight excluding hydrogens is 319 g/mol. The SMILES string of the molecule is COc1cc(Br)c(C2(CC(=O)O)CC2)c(F)c1OC. The third-order valence-corrected chi connectivity index (χ3v) is 4.06. The van der Waals surface area contributed by atoms with Gasteiger partial charge in [0.25, 0.3) is 0 Å². The average molecular weight is 333 g/mol. The van der Waals surface area contributed by atoms with E-state index in [0.717, 1.165) is 0 Å². The first-order valence-corrected chi connectivity index (χ1v) is 6.57.